The largest absolute Gasteiger partial charge is 0.372 e. The summed E-state index contributed by atoms with van der Waals surface area (Å²) >= 11 is 0. The standard InChI is InChI=1S/C22H36FN3O2/c1-13-5-8-19(23)18-10-20(25-21(13)18)22(27)24-14-3-2-4-15(9-14)26-11-16-6-7-17(12-26)28-16/h13-21,25H,2-12H2,1H3,(H,24,27). The highest BCUT2D eigenvalue weighted by Gasteiger charge is 2.46. The SMILES string of the molecule is CC1CCC(F)C2CC(C(=O)NC3CCCC(N4CC5CCC(C4)O5)C3)NC12. The van der Waals surface area contributed by atoms with Gasteiger partial charge in [0.15, 0.2) is 0 Å². The fourth-order valence-electron chi connectivity index (χ4n) is 6.67. The van der Waals surface area contributed by atoms with Gasteiger partial charge in [0, 0.05) is 37.1 Å². The molecule has 5 rings (SSSR count). The van der Waals surface area contributed by atoms with Crippen LogP contribution in [0.4, 0.5) is 4.39 Å². The minimum absolute atomic E-state index is 0.0161. The van der Waals surface area contributed by atoms with Crippen LogP contribution in [0.15, 0.2) is 0 Å². The van der Waals surface area contributed by atoms with Crippen LogP contribution in [0, 0.1) is 11.8 Å². The van der Waals surface area contributed by atoms with Gasteiger partial charge in [0.2, 0.25) is 5.91 Å². The molecule has 9 atom stereocenters. The number of hydrogen-bond donors (Lipinski definition) is 2. The molecule has 2 N–H and O–H groups in total. The average molecular weight is 394 g/mol. The molecule has 0 aromatic carbocycles. The Hall–Kier alpha value is -0.720. The van der Waals surface area contributed by atoms with Crippen molar-refractivity contribution >= 4 is 5.91 Å². The van der Waals surface area contributed by atoms with Crippen LogP contribution in [0.2, 0.25) is 0 Å². The molecule has 5 aliphatic rings. The van der Waals surface area contributed by atoms with E-state index in [4.69, 9.17) is 4.74 Å². The predicted molar refractivity (Wildman–Crippen MR) is 106 cm³/mol. The van der Waals surface area contributed by atoms with E-state index in [1.807, 2.05) is 0 Å². The topological polar surface area (TPSA) is 53.6 Å². The molecule has 5 fully saturated rings. The average Bonchev–Trinajstić information content (AvgIpc) is 3.29. The minimum Gasteiger partial charge on any atom is -0.372 e. The summed E-state index contributed by atoms with van der Waals surface area (Å²) in [4.78, 5) is 15.6. The Morgan fingerprint density at radius 2 is 1.86 bits per heavy atom. The lowest BCUT2D eigenvalue weighted by Crippen LogP contribution is -2.53. The molecule has 3 aliphatic heterocycles. The number of amides is 1. The lowest BCUT2D eigenvalue weighted by atomic mass is 9.77. The van der Waals surface area contributed by atoms with Gasteiger partial charge in [0.25, 0.3) is 0 Å². The minimum atomic E-state index is -0.748. The van der Waals surface area contributed by atoms with E-state index in [-0.39, 0.29) is 30.0 Å². The van der Waals surface area contributed by atoms with E-state index in [2.05, 4.69) is 22.5 Å². The monoisotopic (exact) mass is 393 g/mol. The number of likely N-dealkylation sites (tertiary alicyclic amines) is 1. The zero-order valence-corrected chi connectivity index (χ0v) is 17.1. The maximum atomic E-state index is 14.3. The molecule has 0 aromatic heterocycles. The van der Waals surface area contributed by atoms with Crippen molar-refractivity contribution in [1.29, 1.82) is 0 Å². The van der Waals surface area contributed by atoms with E-state index in [1.54, 1.807) is 0 Å². The Kier molecular flexibility index (Phi) is 5.39. The van der Waals surface area contributed by atoms with Gasteiger partial charge in [-0.05, 0) is 63.7 Å². The molecule has 3 heterocycles. The fourth-order valence-corrected chi connectivity index (χ4v) is 6.67. The molecule has 0 spiro atoms. The number of morpholine rings is 1. The molecule has 2 saturated carbocycles. The number of nitrogens with zero attached hydrogens (tertiary/aromatic N) is 1. The molecule has 28 heavy (non-hydrogen) atoms. The number of nitrogens with one attached hydrogen (secondary N) is 2. The van der Waals surface area contributed by atoms with Crippen LogP contribution in [-0.4, -0.2) is 66.4 Å². The summed E-state index contributed by atoms with van der Waals surface area (Å²) in [5.74, 6) is 0.578. The maximum absolute atomic E-state index is 14.3. The number of halogens is 1. The van der Waals surface area contributed by atoms with Crippen LogP contribution in [0.1, 0.15) is 64.7 Å². The number of hydrogen-bond acceptors (Lipinski definition) is 4. The first kappa shape index (κ1) is 19.3. The van der Waals surface area contributed by atoms with Crippen LogP contribution in [0.5, 0.6) is 0 Å². The molecule has 158 valence electrons. The predicted octanol–water partition coefficient (Wildman–Crippen LogP) is 2.39. The smallest absolute Gasteiger partial charge is 0.237 e. The molecule has 2 aliphatic carbocycles. The van der Waals surface area contributed by atoms with Gasteiger partial charge in [0.1, 0.15) is 6.17 Å². The molecule has 0 radical (unpaired) electrons. The summed E-state index contributed by atoms with van der Waals surface area (Å²) in [5.41, 5.74) is 0. The quantitative estimate of drug-likeness (QED) is 0.773. The second-order valence-electron chi connectivity index (χ2n) is 10.2. The molecule has 6 heteroatoms. The van der Waals surface area contributed by atoms with Crippen molar-refractivity contribution in [2.75, 3.05) is 13.1 Å². The lowest BCUT2D eigenvalue weighted by molar-refractivity contribution is -0.124. The van der Waals surface area contributed by atoms with E-state index in [0.717, 1.165) is 32.4 Å². The van der Waals surface area contributed by atoms with Crippen LogP contribution < -0.4 is 10.6 Å². The van der Waals surface area contributed by atoms with E-state index in [9.17, 15) is 9.18 Å². The van der Waals surface area contributed by atoms with Gasteiger partial charge in [0.05, 0.1) is 18.2 Å². The molecule has 1 amide bonds. The van der Waals surface area contributed by atoms with Gasteiger partial charge >= 0.3 is 0 Å². The van der Waals surface area contributed by atoms with Crippen LogP contribution in [-0.2, 0) is 9.53 Å². The van der Waals surface area contributed by atoms with Crippen LogP contribution in [0.3, 0.4) is 0 Å². The third-order valence-corrected chi connectivity index (χ3v) is 8.24. The number of fused-ring (bicyclic) bond motifs is 3. The molecule has 3 saturated heterocycles. The summed E-state index contributed by atoms with van der Waals surface area (Å²) in [6.07, 6.45) is 9.29. The Morgan fingerprint density at radius 3 is 2.61 bits per heavy atom. The summed E-state index contributed by atoms with van der Waals surface area (Å²) < 4.78 is 20.3. The van der Waals surface area contributed by atoms with Gasteiger partial charge in [-0.1, -0.05) is 6.92 Å². The van der Waals surface area contributed by atoms with Gasteiger partial charge in [-0.2, -0.15) is 0 Å². The number of carbonyl (C=O) groups excluding carboxylic acids is 1. The highest BCUT2D eigenvalue weighted by Crippen LogP contribution is 2.39. The molecule has 0 aromatic rings. The number of ether oxygens (including phenoxy) is 1. The molecule has 9 unspecified atom stereocenters. The highest BCUT2D eigenvalue weighted by molar-refractivity contribution is 5.82. The van der Waals surface area contributed by atoms with Crippen molar-refractivity contribution in [3.63, 3.8) is 0 Å². The lowest BCUT2D eigenvalue weighted by Gasteiger charge is -2.42. The number of alkyl halides is 1. The summed E-state index contributed by atoms with van der Waals surface area (Å²) in [6, 6.07) is 0.783. The summed E-state index contributed by atoms with van der Waals surface area (Å²) in [7, 11) is 0. The van der Waals surface area contributed by atoms with Crippen molar-refractivity contribution in [3.05, 3.63) is 0 Å². The van der Waals surface area contributed by atoms with E-state index < -0.39 is 6.17 Å². The zero-order chi connectivity index (χ0) is 19.3. The van der Waals surface area contributed by atoms with Crippen molar-refractivity contribution in [2.45, 2.75) is 107 Å². The van der Waals surface area contributed by atoms with Crippen LogP contribution >= 0.6 is 0 Å². The van der Waals surface area contributed by atoms with Crippen molar-refractivity contribution in [1.82, 2.24) is 15.5 Å². The zero-order valence-electron chi connectivity index (χ0n) is 17.1. The molecule has 2 bridgehead atoms. The van der Waals surface area contributed by atoms with Gasteiger partial charge in [-0.25, -0.2) is 4.39 Å². The van der Waals surface area contributed by atoms with Crippen molar-refractivity contribution < 1.29 is 13.9 Å². The second-order valence-corrected chi connectivity index (χ2v) is 10.2. The van der Waals surface area contributed by atoms with E-state index >= 15 is 0 Å². The van der Waals surface area contributed by atoms with E-state index in [0.29, 0.717) is 37.0 Å². The normalized spacial score (nSPS) is 49.0. The Morgan fingerprint density at radius 1 is 1.07 bits per heavy atom. The van der Waals surface area contributed by atoms with Gasteiger partial charge < -0.3 is 15.4 Å². The van der Waals surface area contributed by atoms with Gasteiger partial charge in [-0.3, -0.25) is 9.69 Å². The Bertz CT molecular complexity index is 560. The first-order valence-electron chi connectivity index (χ1n) is 11.7. The first-order chi connectivity index (χ1) is 13.6. The van der Waals surface area contributed by atoms with Crippen molar-refractivity contribution in [3.8, 4) is 0 Å². The number of rotatable bonds is 3. The van der Waals surface area contributed by atoms with Crippen LogP contribution in [0.25, 0.3) is 0 Å². The summed E-state index contributed by atoms with van der Waals surface area (Å²) in [5, 5.41) is 6.80. The first-order valence-corrected chi connectivity index (χ1v) is 11.7. The highest BCUT2D eigenvalue weighted by atomic mass is 19.1. The third-order valence-electron chi connectivity index (χ3n) is 8.24. The maximum Gasteiger partial charge on any atom is 0.237 e. The molecular formula is C22H36FN3O2. The molecular weight excluding hydrogens is 357 g/mol. The van der Waals surface area contributed by atoms with Crippen molar-refractivity contribution in [2.24, 2.45) is 11.8 Å². The fraction of sp³-hybridized carbons (Fsp3) is 0.955. The Balaban J connectivity index is 1.15. The second kappa shape index (κ2) is 7.84. The Labute approximate surface area is 168 Å². The number of carbonyl (C=O) groups is 1. The molecule has 5 nitrogen and oxygen atoms in total. The van der Waals surface area contributed by atoms with Gasteiger partial charge in [-0.15, -0.1) is 0 Å². The summed E-state index contributed by atoms with van der Waals surface area (Å²) in [6.45, 7) is 4.31. The van der Waals surface area contributed by atoms with E-state index in [1.165, 1.54) is 25.7 Å². The third kappa shape index (κ3) is 3.72.